The third-order valence-electron chi connectivity index (χ3n) is 4.03. The second kappa shape index (κ2) is 5.25. The van der Waals surface area contributed by atoms with Gasteiger partial charge in [-0.2, -0.15) is 0 Å². The molecule has 0 aliphatic heterocycles. The lowest BCUT2D eigenvalue weighted by atomic mass is 9.61. The molecule has 0 radical (unpaired) electrons. The Morgan fingerprint density at radius 2 is 2.12 bits per heavy atom. The van der Waals surface area contributed by atoms with Gasteiger partial charge in [0, 0.05) is 5.41 Å². The van der Waals surface area contributed by atoms with E-state index in [1.807, 2.05) is 6.92 Å². The van der Waals surface area contributed by atoms with Crippen molar-refractivity contribution in [3.8, 4) is 11.8 Å². The molecule has 0 aromatic heterocycles. The molecular weight excluding hydrogens is 212 g/mol. The monoisotopic (exact) mass is 236 g/mol. The van der Waals surface area contributed by atoms with Gasteiger partial charge in [-0.25, -0.2) is 0 Å². The van der Waals surface area contributed by atoms with E-state index in [0.29, 0.717) is 0 Å². The normalized spacial score (nSPS) is 32.8. The highest BCUT2D eigenvalue weighted by Crippen LogP contribution is 2.46. The van der Waals surface area contributed by atoms with Gasteiger partial charge >= 0.3 is 0 Å². The Morgan fingerprint density at radius 3 is 2.65 bits per heavy atom. The first-order valence-electron chi connectivity index (χ1n) is 6.36. The van der Waals surface area contributed by atoms with Gasteiger partial charge in [0.05, 0.1) is 6.61 Å². The molecule has 2 N–H and O–H groups in total. The Hall–Kier alpha value is -0.780. The van der Waals surface area contributed by atoms with Gasteiger partial charge in [0.15, 0.2) is 0 Å². The van der Waals surface area contributed by atoms with Crippen LogP contribution in [-0.4, -0.2) is 22.4 Å². The van der Waals surface area contributed by atoms with Crippen LogP contribution < -0.4 is 0 Å². The molecule has 1 aliphatic carbocycles. The van der Waals surface area contributed by atoms with Gasteiger partial charge in [-0.3, -0.25) is 0 Å². The van der Waals surface area contributed by atoms with E-state index in [0.717, 1.165) is 24.8 Å². The SMILES string of the molecule is C/C(C#C[C@]1(O)[C@@H](C)CCCC1(C)C)=C/CO. The minimum atomic E-state index is -0.921. The van der Waals surface area contributed by atoms with Crippen LogP contribution in [0.3, 0.4) is 0 Å². The molecule has 2 nitrogen and oxygen atoms in total. The van der Waals surface area contributed by atoms with Gasteiger partial charge in [-0.05, 0) is 37.3 Å². The maximum atomic E-state index is 10.8. The second-order valence-corrected chi connectivity index (χ2v) is 5.76. The van der Waals surface area contributed by atoms with Gasteiger partial charge in [0.1, 0.15) is 5.60 Å². The lowest BCUT2D eigenvalue weighted by Gasteiger charge is -2.47. The molecule has 17 heavy (non-hydrogen) atoms. The molecule has 0 unspecified atom stereocenters. The number of aliphatic hydroxyl groups is 2. The van der Waals surface area contributed by atoms with Crippen molar-refractivity contribution in [3.63, 3.8) is 0 Å². The van der Waals surface area contributed by atoms with Gasteiger partial charge in [0.25, 0.3) is 0 Å². The molecule has 1 fully saturated rings. The smallest absolute Gasteiger partial charge is 0.133 e. The topological polar surface area (TPSA) is 40.5 Å². The highest BCUT2D eigenvalue weighted by atomic mass is 16.3. The van der Waals surface area contributed by atoms with Gasteiger partial charge in [-0.1, -0.05) is 39.0 Å². The van der Waals surface area contributed by atoms with Gasteiger partial charge < -0.3 is 10.2 Å². The number of aliphatic hydroxyl groups excluding tert-OH is 1. The second-order valence-electron chi connectivity index (χ2n) is 5.76. The van der Waals surface area contributed by atoms with Crippen molar-refractivity contribution in [1.82, 2.24) is 0 Å². The van der Waals surface area contributed by atoms with Crippen molar-refractivity contribution in [1.29, 1.82) is 0 Å². The van der Waals surface area contributed by atoms with Crippen molar-refractivity contribution < 1.29 is 10.2 Å². The maximum Gasteiger partial charge on any atom is 0.133 e. The largest absolute Gasteiger partial charge is 0.392 e. The highest BCUT2D eigenvalue weighted by Gasteiger charge is 2.48. The van der Waals surface area contributed by atoms with Crippen LogP contribution in [0.2, 0.25) is 0 Å². The molecule has 0 saturated heterocycles. The fourth-order valence-electron chi connectivity index (χ4n) is 2.59. The third-order valence-corrected chi connectivity index (χ3v) is 4.03. The Bertz CT molecular complexity index is 357. The number of hydrogen-bond acceptors (Lipinski definition) is 2. The van der Waals surface area contributed by atoms with E-state index in [1.165, 1.54) is 0 Å². The van der Waals surface area contributed by atoms with E-state index >= 15 is 0 Å². The quantitative estimate of drug-likeness (QED) is 0.687. The molecule has 0 aromatic carbocycles. The van der Waals surface area contributed by atoms with Gasteiger partial charge in [0.2, 0.25) is 0 Å². The minimum Gasteiger partial charge on any atom is -0.392 e. The molecule has 2 heteroatoms. The van der Waals surface area contributed by atoms with E-state index in [4.69, 9.17) is 5.11 Å². The third kappa shape index (κ3) is 2.91. The fourth-order valence-corrected chi connectivity index (χ4v) is 2.59. The summed E-state index contributed by atoms with van der Waals surface area (Å²) in [7, 11) is 0. The van der Waals surface area contributed by atoms with Crippen LogP contribution in [0, 0.1) is 23.2 Å². The summed E-state index contributed by atoms with van der Waals surface area (Å²) >= 11 is 0. The summed E-state index contributed by atoms with van der Waals surface area (Å²) in [4.78, 5) is 0. The van der Waals surface area contributed by atoms with Crippen LogP contribution in [0.25, 0.3) is 0 Å². The Balaban J connectivity index is 3.01. The van der Waals surface area contributed by atoms with Crippen molar-refractivity contribution in [2.45, 2.75) is 52.6 Å². The van der Waals surface area contributed by atoms with Crippen LogP contribution in [0.5, 0.6) is 0 Å². The zero-order valence-corrected chi connectivity index (χ0v) is 11.4. The standard InChI is InChI=1S/C15H24O2/c1-12(8-11-16)7-10-15(17)13(2)6-5-9-14(15,3)4/h8,13,16-17H,5-6,9,11H2,1-4H3/b12-8-/t13-,15-/m0/s1. The Labute approximate surface area is 105 Å². The highest BCUT2D eigenvalue weighted by molar-refractivity contribution is 5.32. The Kier molecular flexibility index (Phi) is 4.41. The predicted octanol–water partition coefficient (Wildman–Crippen LogP) is 2.51. The molecule has 0 heterocycles. The van der Waals surface area contributed by atoms with E-state index in [9.17, 15) is 5.11 Å². The van der Waals surface area contributed by atoms with Crippen LogP contribution in [0.15, 0.2) is 11.6 Å². The molecule has 0 bridgehead atoms. The fraction of sp³-hybridized carbons (Fsp3) is 0.733. The number of rotatable bonds is 1. The van der Waals surface area contributed by atoms with Crippen LogP contribution in [0.4, 0.5) is 0 Å². The average Bonchev–Trinajstić information content (AvgIpc) is 2.24. The first-order chi connectivity index (χ1) is 7.83. The van der Waals surface area contributed by atoms with Crippen molar-refractivity contribution in [2.75, 3.05) is 6.61 Å². The van der Waals surface area contributed by atoms with E-state index in [-0.39, 0.29) is 17.9 Å². The molecule has 1 saturated carbocycles. The molecule has 96 valence electrons. The molecule has 0 aromatic rings. The lowest BCUT2D eigenvalue weighted by molar-refractivity contribution is -0.0860. The molecule has 0 spiro atoms. The number of hydrogen-bond donors (Lipinski definition) is 2. The molecular formula is C15H24O2. The average molecular weight is 236 g/mol. The van der Waals surface area contributed by atoms with E-state index < -0.39 is 5.60 Å². The first kappa shape index (κ1) is 14.3. The zero-order chi connectivity index (χ0) is 13.1. The predicted molar refractivity (Wildman–Crippen MR) is 70.4 cm³/mol. The molecule has 0 amide bonds. The number of allylic oxidation sites excluding steroid dienone is 1. The Morgan fingerprint density at radius 1 is 1.47 bits per heavy atom. The summed E-state index contributed by atoms with van der Waals surface area (Å²) in [6, 6.07) is 0. The first-order valence-corrected chi connectivity index (χ1v) is 6.36. The zero-order valence-electron chi connectivity index (χ0n) is 11.4. The maximum absolute atomic E-state index is 10.8. The lowest BCUT2D eigenvalue weighted by Crippen LogP contribution is -2.51. The molecule has 1 rings (SSSR count). The summed E-state index contributed by atoms with van der Waals surface area (Å²) in [6.07, 6.45) is 4.85. The summed E-state index contributed by atoms with van der Waals surface area (Å²) in [5, 5.41) is 19.6. The summed E-state index contributed by atoms with van der Waals surface area (Å²) in [6.45, 7) is 8.09. The molecule has 2 atom stereocenters. The van der Waals surface area contributed by atoms with Crippen LogP contribution in [0.1, 0.15) is 47.0 Å². The van der Waals surface area contributed by atoms with Gasteiger partial charge in [-0.15, -0.1) is 0 Å². The van der Waals surface area contributed by atoms with Crippen molar-refractivity contribution in [3.05, 3.63) is 11.6 Å². The van der Waals surface area contributed by atoms with Crippen LogP contribution >= 0.6 is 0 Å². The van der Waals surface area contributed by atoms with Crippen LogP contribution in [-0.2, 0) is 0 Å². The van der Waals surface area contributed by atoms with Crippen molar-refractivity contribution in [2.24, 2.45) is 11.3 Å². The molecule has 1 aliphatic rings. The minimum absolute atomic E-state index is 0.00209. The summed E-state index contributed by atoms with van der Waals surface area (Å²) in [5.74, 6) is 6.22. The van der Waals surface area contributed by atoms with E-state index in [1.54, 1.807) is 6.08 Å². The summed E-state index contributed by atoms with van der Waals surface area (Å²) < 4.78 is 0. The summed E-state index contributed by atoms with van der Waals surface area (Å²) in [5.41, 5.74) is -0.276. The van der Waals surface area contributed by atoms with E-state index in [2.05, 4.69) is 32.6 Å². The van der Waals surface area contributed by atoms with Crippen molar-refractivity contribution >= 4 is 0 Å².